The van der Waals surface area contributed by atoms with E-state index in [1.807, 2.05) is 0 Å². The SMILES string of the molecule is CCCCCCCCCC/C=C\CCCCCCCCCCCC(=O)OC(C)C(=O)O. The number of aliphatic carboxylic acids is 1. The van der Waals surface area contributed by atoms with Crippen LogP contribution in [-0.4, -0.2) is 23.1 Å². The van der Waals surface area contributed by atoms with Crippen molar-refractivity contribution in [2.45, 2.75) is 148 Å². The lowest BCUT2D eigenvalue weighted by atomic mass is 10.1. The van der Waals surface area contributed by atoms with Gasteiger partial charge < -0.3 is 9.84 Å². The van der Waals surface area contributed by atoms with Gasteiger partial charge in [0.1, 0.15) is 0 Å². The lowest BCUT2D eigenvalue weighted by Gasteiger charge is -2.08. The van der Waals surface area contributed by atoms with Crippen LogP contribution in [0.5, 0.6) is 0 Å². The van der Waals surface area contributed by atoms with E-state index < -0.39 is 18.0 Å². The first-order valence-electron chi connectivity index (χ1n) is 13.1. The van der Waals surface area contributed by atoms with Crippen molar-refractivity contribution in [3.63, 3.8) is 0 Å². The first-order chi connectivity index (χ1) is 15.1. The lowest BCUT2D eigenvalue weighted by molar-refractivity contribution is -0.162. The average molecular weight is 439 g/mol. The van der Waals surface area contributed by atoms with E-state index in [9.17, 15) is 9.59 Å². The molecule has 0 aliphatic heterocycles. The van der Waals surface area contributed by atoms with E-state index in [1.165, 1.54) is 110 Å². The Balaban J connectivity index is 3.22. The largest absolute Gasteiger partial charge is 0.479 e. The van der Waals surface area contributed by atoms with E-state index in [0.29, 0.717) is 6.42 Å². The molecule has 1 N–H and O–H groups in total. The summed E-state index contributed by atoms with van der Waals surface area (Å²) in [5.41, 5.74) is 0. The molecule has 0 heterocycles. The molecule has 4 heteroatoms. The van der Waals surface area contributed by atoms with E-state index >= 15 is 0 Å². The molecule has 0 saturated carbocycles. The van der Waals surface area contributed by atoms with Crippen LogP contribution < -0.4 is 0 Å². The molecule has 0 radical (unpaired) electrons. The van der Waals surface area contributed by atoms with Crippen LogP contribution in [0, 0.1) is 0 Å². The zero-order valence-electron chi connectivity index (χ0n) is 20.5. The molecule has 0 saturated heterocycles. The van der Waals surface area contributed by atoms with Crippen LogP contribution in [0.15, 0.2) is 12.2 Å². The van der Waals surface area contributed by atoms with Crippen LogP contribution in [0.3, 0.4) is 0 Å². The second-order valence-corrected chi connectivity index (χ2v) is 8.93. The number of rotatable bonds is 23. The molecule has 1 atom stereocenters. The van der Waals surface area contributed by atoms with Gasteiger partial charge in [-0.2, -0.15) is 0 Å². The maximum Gasteiger partial charge on any atom is 0.344 e. The normalized spacial score (nSPS) is 12.3. The number of carbonyl (C=O) groups is 2. The summed E-state index contributed by atoms with van der Waals surface area (Å²) in [5, 5.41) is 8.70. The molecule has 0 bridgehead atoms. The fourth-order valence-electron chi connectivity index (χ4n) is 3.71. The van der Waals surface area contributed by atoms with Gasteiger partial charge in [-0.1, -0.05) is 109 Å². The molecule has 0 fully saturated rings. The van der Waals surface area contributed by atoms with Crippen LogP contribution in [0.25, 0.3) is 0 Å². The van der Waals surface area contributed by atoms with Gasteiger partial charge in [0.2, 0.25) is 0 Å². The molecule has 0 amide bonds. The lowest BCUT2D eigenvalue weighted by Crippen LogP contribution is -2.23. The van der Waals surface area contributed by atoms with Gasteiger partial charge in [-0.3, -0.25) is 4.79 Å². The molecular formula is C27H50O4. The third-order valence-electron chi connectivity index (χ3n) is 5.80. The van der Waals surface area contributed by atoms with Gasteiger partial charge in [0.15, 0.2) is 6.10 Å². The Bertz CT molecular complexity index is 445. The van der Waals surface area contributed by atoms with Crippen LogP contribution in [0.2, 0.25) is 0 Å². The molecule has 0 rings (SSSR count). The highest BCUT2D eigenvalue weighted by molar-refractivity contribution is 5.77. The van der Waals surface area contributed by atoms with Gasteiger partial charge in [0.05, 0.1) is 0 Å². The fourth-order valence-corrected chi connectivity index (χ4v) is 3.71. The Morgan fingerprint density at radius 2 is 1.06 bits per heavy atom. The maximum absolute atomic E-state index is 11.5. The van der Waals surface area contributed by atoms with E-state index in [0.717, 1.165) is 19.3 Å². The van der Waals surface area contributed by atoms with E-state index in [4.69, 9.17) is 9.84 Å². The minimum atomic E-state index is -1.09. The third kappa shape index (κ3) is 23.2. The van der Waals surface area contributed by atoms with Crippen LogP contribution >= 0.6 is 0 Å². The highest BCUT2D eigenvalue weighted by atomic mass is 16.6. The zero-order chi connectivity index (χ0) is 23.0. The molecular weight excluding hydrogens is 388 g/mol. The molecule has 0 aromatic carbocycles. The van der Waals surface area contributed by atoms with Crippen molar-refractivity contribution in [1.29, 1.82) is 0 Å². The fraction of sp³-hybridized carbons (Fsp3) is 0.852. The Labute approximate surface area is 192 Å². The summed E-state index contributed by atoms with van der Waals surface area (Å²) in [6.07, 6.45) is 28.4. The second-order valence-electron chi connectivity index (χ2n) is 8.93. The molecule has 182 valence electrons. The number of ether oxygens (including phenoxy) is 1. The topological polar surface area (TPSA) is 63.6 Å². The summed E-state index contributed by atoms with van der Waals surface area (Å²) in [6, 6.07) is 0. The Kier molecular flexibility index (Phi) is 22.4. The van der Waals surface area contributed by atoms with Crippen molar-refractivity contribution in [1.82, 2.24) is 0 Å². The minimum Gasteiger partial charge on any atom is -0.479 e. The van der Waals surface area contributed by atoms with Crippen molar-refractivity contribution in [2.75, 3.05) is 0 Å². The molecule has 0 spiro atoms. The number of carboxylic acid groups (broad SMARTS) is 1. The van der Waals surface area contributed by atoms with E-state index in [-0.39, 0.29) is 0 Å². The van der Waals surface area contributed by atoms with Crippen molar-refractivity contribution < 1.29 is 19.4 Å². The first-order valence-corrected chi connectivity index (χ1v) is 13.1. The predicted octanol–water partition coefficient (Wildman–Crippen LogP) is 8.38. The van der Waals surface area contributed by atoms with E-state index in [1.54, 1.807) is 0 Å². The highest BCUT2D eigenvalue weighted by Gasteiger charge is 2.15. The second kappa shape index (κ2) is 23.3. The Hall–Kier alpha value is -1.32. The number of carbonyl (C=O) groups excluding carboxylic acids is 1. The maximum atomic E-state index is 11.5. The number of hydrogen-bond acceptors (Lipinski definition) is 3. The Morgan fingerprint density at radius 3 is 1.48 bits per heavy atom. The standard InChI is InChI=1S/C27H50O4/c1-3-4-5-6-7-8-9-10-11-12-13-14-15-16-17-18-19-20-21-22-23-24-26(28)31-25(2)27(29)30/h12-13,25H,3-11,14-24H2,1-2H3,(H,29,30)/b13-12-. The molecule has 31 heavy (non-hydrogen) atoms. The quantitative estimate of drug-likeness (QED) is 0.0988. The van der Waals surface area contributed by atoms with Crippen LogP contribution in [0.1, 0.15) is 142 Å². The summed E-state index contributed by atoms with van der Waals surface area (Å²) >= 11 is 0. The smallest absolute Gasteiger partial charge is 0.344 e. The van der Waals surface area contributed by atoms with Crippen molar-refractivity contribution in [3.8, 4) is 0 Å². The average Bonchev–Trinajstić information content (AvgIpc) is 2.74. The third-order valence-corrected chi connectivity index (χ3v) is 5.80. The molecule has 4 nitrogen and oxygen atoms in total. The highest BCUT2D eigenvalue weighted by Crippen LogP contribution is 2.13. The zero-order valence-corrected chi connectivity index (χ0v) is 20.5. The van der Waals surface area contributed by atoms with Crippen LogP contribution in [-0.2, 0) is 14.3 Å². The summed E-state index contributed by atoms with van der Waals surface area (Å²) in [7, 11) is 0. The van der Waals surface area contributed by atoms with Gasteiger partial charge >= 0.3 is 11.9 Å². The molecule has 0 aromatic heterocycles. The van der Waals surface area contributed by atoms with Gasteiger partial charge in [-0.05, 0) is 39.0 Å². The first kappa shape index (κ1) is 29.7. The van der Waals surface area contributed by atoms with Crippen molar-refractivity contribution in [2.24, 2.45) is 0 Å². The van der Waals surface area contributed by atoms with Gasteiger partial charge in [0.25, 0.3) is 0 Å². The number of unbranched alkanes of at least 4 members (excludes halogenated alkanes) is 17. The summed E-state index contributed by atoms with van der Waals surface area (Å²) < 4.78 is 4.81. The molecule has 1 unspecified atom stereocenters. The van der Waals surface area contributed by atoms with Crippen LogP contribution in [0.4, 0.5) is 0 Å². The number of carboxylic acids is 1. The van der Waals surface area contributed by atoms with Crippen molar-refractivity contribution >= 4 is 11.9 Å². The van der Waals surface area contributed by atoms with Gasteiger partial charge in [-0.25, -0.2) is 4.79 Å². The summed E-state index contributed by atoms with van der Waals surface area (Å²) in [5.74, 6) is -1.50. The number of allylic oxidation sites excluding steroid dienone is 2. The van der Waals surface area contributed by atoms with E-state index in [2.05, 4.69) is 19.1 Å². The molecule has 0 aromatic rings. The molecule has 0 aliphatic rings. The minimum absolute atomic E-state index is 0.324. The van der Waals surface area contributed by atoms with Crippen molar-refractivity contribution in [3.05, 3.63) is 12.2 Å². The number of esters is 1. The predicted molar refractivity (Wildman–Crippen MR) is 130 cm³/mol. The molecule has 0 aliphatic carbocycles. The number of hydrogen-bond donors (Lipinski definition) is 1. The van der Waals surface area contributed by atoms with Gasteiger partial charge in [-0.15, -0.1) is 0 Å². The van der Waals surface area contributed by atoms with Gasteiger partial charge in [0, 0.05) is 6.42 Å². The Morgan fingerprint density at radius 1 is 0.677 bits per heavy atom. The summed E-state index contributed by atoms with van der Waals surface area (Å²) in [6.45, 7) is 3.66. The monoisotopic (exact) mass is 438 g/mol. The summed E-state index contributed by atoms with van der Waals surface area (Å²) in [4.78, 5) is 22.1.